The average Bonchev–Trinajstić information content (AvgIpc) is 3.48. The summed E-state index contributed by atoms with van der Waals surface area (Å²) in [5.74, 6) is 1.22. The van der Waals surface area contributed by atoms with E-state index in [1.807, 2.05) is 75.6 Å². The van der Waals surface area contributed by atoms with E-state index in [-0.39, 0.29) is 17.9 Å². The van der Waals surface area contributed by atoms with Crippen LogP contribution in [-0.4, -0.2) is 56.3 Å². The van der Waals surface area contributed by atoms with Gasteiger partial charge in [0.25, 0.3) is 0 Å². The molecular weight excluding hydrogens is 653 g/mol. The molecule has 0 unspecified atom stereocenters. The molecule has 1 saturated carbocycles. The van der Waals surface area contributed by atoms with E-state index in [9.17, 15) is 9.59 Å². The first-order valence-electron chi connectivity index (χ1n) is 18.3. The number of piperidine rings is 1. The van der Waals surface area contributed by atoms with Gasteiger partial charge in [0.1, 0.15) is 16.9 Å². The monoisotopic (exact) mass is 700 g/mol. The number of carbonyl (C=O) groups is 2. The molecule has 7 rings (SSSR count). The number of imidazole rings is 1. The number of fused-ring (bicyclic) bond motifs is 1. The van der Waals surface area contributed by atoms with E-state index in [2.05, 4.69) is 56.9 Å². The number of nitrogen functional groups attached to an aromatic ring is 1. The fourth-order valence-corrected chi connectivity index (χ4v) is 7.26. The SMILES string of the molecule is CC(C)NC(=O)C1CCN(c2cccc(-c3ccc4nc(-c5cccnc5N)n(-c5ccc(C6(NC(=O)OC(C)(C)C)CCC6)cc5)c4n3)c2)CC1. The van der Waals surface area contributed by atoms with Gasteiger partial charge in [-0.05, 0) is 121 Å². The van der Waals surface area contributed by atoms with Gasteiger partial charge < -0.3 is 26.0 Å². The number of amides is 2. The molecule has 0 radical (unpaired) electrons. The number of nitrogens with one attached hydrogen (secondary N) is 2. The number of alkyl carbamates (subject to hydrolysis) is 1. The van der Waals surface area contributed by atoms with Crippen LogP contribution in [0.25, 0.3) is 39.5 Å². The Kier molecular flexibility index (Phi) is 9.37. The number of nitrogens with zero attached hydrogens (tertiary/aromatic N) is 5. The third-order valence-corrected chi connectivity index (χ3v) is 10.0. The standard InChI is InChI=1S/C41H48N8O3/c1-26(2)44-38(50)27-18-23-48(24-19-27)31-10-6-9-28(25-31)33-16-17-34-37(45-33)49(36(46-34)32-11-7-22-43-35(32)42)30-14-12-29(13-15-30)41(20-8-21-41)47-39(51)52-40(3,4)5/h6-7,9-17,22,25-27H,8,18-21,23-24H2,1-5H3,(H2,42,43)(H,44,50)(H,47,51). The maximum Gasteiger partial charge on any atom is 0.408 e. The van der Waals surface area contributed by atoms with Crippen molar-refractivity contribution in [1.29, 1.82) is 0 Å². The van der Waals surface area contributed by atoms with Gasteiger partial charge in [0.15, 0.2) is 11.5 Å². The maximum absolute atomic E-state index is 12.8. The number of benzene rings is 2. The summed E-state index contributed by atoms with van der Waals surface area (Å²) in [6.45, 7) is 11.2. The number of anilines is 2. The van der Waals surface area contributed by atoms with Gasteiger partial charge in [-0.2, -0.15) is 0 Å². The second-order valence-corrected chi connectivity index (χ2v) is 15.3. The quantitative estimate of drug-likeness (QED) is 0.152. The lowest BCUT2D eigenvalue weighted by molar-refractivity contribution is -0.126. The van der Waals surface area contributed by atoms with Gasteiger partial charge in [-0.1, -0.05) is 24.3 Å². The van der Waals surface area contributed by atoms with Crippen LogP contribution in [0.2, 0.25) is 0 Å². The molecule has 4 heterocycles. The van der Waals surface area contributed by atoms with Crippen LogP contribution in [0.4, 0.5) is 16.3 Å². The van der Waals surface area contributed by atoms with E-state index in [1.165, 1.54) is 0 Å². The molecule has 4 N–H and O–H groups in total. The van der Waals surface area contributed by atoms with Crippen molar-refractivity contribution < 1.29 is 14.3 Å². The van der Waals surface area contributed by atoms with Crippen LogP contribution in [0.1, 0.15) is 72.3 Å². The highest BCUT2D eigenvalue weighted by atomic mass is 16.6. The molecule has 0 atom stereocenters. The molecule has 2 amide bonds. The van der Waals surface area contributed by atoms with Crippen molar-refractivity contribution in [2.45, 2.75) is 83.9 Å². The van der Waals surface area contributed by atoms with Crippen LogP contribution in [0, 0.1) is 5.92 Å². The molecule has 1 aliphatic carbocycles. The minimum absolute atomic E-state index is 0.0452. The minimum Gasteiger partial charge on any atom is -0.444 e. The fourth-order valence-electron chi connectivity index (χ4n) is 7.26. The van der Waals surface area contributed by atoms with E-state index in [0.29, 0.717) is 22.9 Å². The first-order chi connectivity index (χ1) is 24.9. The number of pyridine rings is 2. The molecule has 0 spiro atoms. The van der Waals surface area contributed by atoms with Gasteiger partial charge >= 0.3 is 6.09 Å². The molecule has 5 aromatic rings. The molecule has 1 aliphatic heterocycles. The lowest BCUT2D eigenvalue weighted by Crippen LogP contribution is -2.52. The van der Waals surface area contributed by atoms with Crippen LogP contribution < -0.4 is 21.3 Å². The Balaban J connectivity index is 1.22. The predicted molar refractivity (Wildman–Crippen MR) is 205 cm³/mol. The highest BCUT2D eigenvalue weighted by Crippen LogP contribution is 2.42. The molecule has 2 aromatic carbocycles. The maximum atomic E-state index is 12.8. The molecular formula is C41H48N8O3. The first kappa shape index (κ1) is 35.0. The predicted octanol–water partition coefficient (Wildman–Crippen LogP) is 7.38. The van der Waals surface area contributed by atoms with Crippen molar-refractivity contribution in [3.05, 3.63) is 84.6 Å². The van der Waals surface area contributed by atoms with Gasteiger partial charge in [-0.15, -0.1) is 0 Å². The summed E-state index contributed by atoms with van der Waals surface area (Å²) in [4.78, 5) is 42.4. The number of hydrogen-bond acceptors (Lipinski definition) is 8. The highest BCUT2D eigenvalue weighted by molar-refractivity contribution is 5.85. The third kappa shape index (κ3) is 7.17. The number of aromatic nitrogens is 4. The zero-order valence-electron chi connectivity index (χ0n) is 30.6. The molecule has 1 saturated heterocycles. The Morgan fingerprint density at radius 1 is 0.942 bits per heavy atom. The Hall–Kier alpha value is -5.45. The van der Waals surface area contributed by atoms with E-state index in [4.69, 9.17) is 20.4 Å². The average molecular weight is 701 g/mol. The van der Waals surface area contributed by atoms with E-state index in [1.54, 1.807) is 6.20 Å². The van der Waals surface area contributed by atoms with Crippen molar-refractivity contribution in [3.63, 3.8) is 0 Å². The van der Waals surface area contributed by atoms with Gasteiger partial charge in [0, 0.05) is 48.2 Å². The van der Waals surface area contributed by atoms with E-state index in [0.717, 1.165) is 78.9 Å². The third-order valence-electron chi connectivity index (χ3n) is 10.0. The Labute approximate surface area is 305 Å². The lowest BCUT2D eigenvalue weighted by atomic mass is 9.72. The van der Waals surface area contributed by atoms with Gasteiger partial charge in [0.2, 0.25) is 5.91 Å². The summed E-state index contributed by atoms with van der Waals surface area (Å²) in [5.41, 5.74) is 12.3. The Bertz CT molecular complexity index is 2090. The van der Waals surface area contributed by atoms with E-state index >= 15 is 0 Å². The van der Waals surface area contributed by atoms with Crippen molar-refractivity contribution in [2.24, 2.45) is 5.92 Å². The smallest absolute Gasteiger partial charge is 0.408 e. The fraction of sp³-hybridized carbons (Fsp3) is 0.390. The summed E-state index contributed by atoms with van der Waals surface area (Å²) in [6, 6.07) is 24.6. The number of ether oxygens (including phenoxy) is 1. The number of nitrogens with two attached hydrogens (primary N) is 1. The van der Waals surface area contributed by atoms with Crippen LogP contribution in [0.5, 0.6) is 0 Å². The second-order valence-electron chi connectivity index (χ2n) is 15.3. The molecule has 2 fully saturated rings. The Morgan fingerprint density at radius 3 is 2.35 bits per heavy atom. The van der Waals surface area contributed by atoms with Crippen molar-refractivity contribution in [3.8, 4) is 28.3 Å². The molecule has 52 heavy (non-hydrogen) atoms. The molecule has 270 valence electrons. The number of carbonyl (C=O) groups excluding carboxylic acids is 2. The summed E-state index contributed by atoms with van der Waals surface area (Å²) in [7, 11) is 0. The van der Waals surface area contributed by atoms with Crippen molar-refractivity contribution in [2.75, 3.05) is 23.7 Å². The summed E-state index contributed by atoms with van der Waals surface area (Å²) >= 11 is 0. The highest BCUT2D eigenvalue weighted by Gasteiger charge is 2.41. The summed E-state index contributed by atoms with van der Waals surface area (Å²) in [5, 5.41) is 6.23. The van der Waals surface area contributed by atoms with Crippen LogP contribution in [0.3, 0.4) is 0 Å². The molecule has 11 nitrogen and oxygen atoms in total. The van der Waals surface area contributed by atoms with Crippen LogP contribution >= 0.6 is 0 Å². The number of rotatable bonds is 8. The zero-order chi connectivity index (χ0) is 36.6. The summed E-state index contributed by atoms with van der Waals surface area (Å²) < 4.78 is 7.63. The normalized spacial score (nSPS) is 16.1. The largest absolute Gasteiger partial charge is 0.444 e. The molecule has 3 aromatic heterocycles. The lowest BCUT2D eigenvalue weighted by Gasteiger charge is -2.43. The molecule has 11 heteroatoms. The van der Waals surface area contributed by atoms with Crippen molar-refractivity contribution in [1.82, 2.24) is 30.2 Å². The van der Waals surface area contributed by atoms with Crippen molar-refractivity contribution >= 4 is 34.7 Å². The van der Waals surface area contributed by atoms with Gasteiger partial charge in [-0.25, -0.2) is 19.7 Å². The molecule has 0 bridgehead atoms. The minimum atomic E-state index is -0.581. The van der Waals surface area contributed by atoms with Gasteiger partial charge in [-0.3, -0.25) is 9.36 Å². The number of hydrogen-bond donors (Lipinski definition) is 3. The summed E-state index contributed by atoms with van der Waals surface area (Å²) in [6.07, 6.45) is 5.61. The van der Waals surface area contributed by atoms with Gasteiger partial charge in [0.05, 0.1) is 16.8 Å². The molecule has 2 aliphatic rings. The second kappa shape index (κ2) is 13.9. The van der Waals surface area contributed by atoms with Crippen LogP contribution in [-0.2, 0) is 15.1 Å². The first-order valence-corrected chi connectivity index (χ1v) is 18.3. The topological polar surface area (TPSA) is 140 Å². The van der Waals surface area contributed by atoms with Crippen LogP contribution in [0.15, 0.2) is 79.0 Å². The van der Waals surface area contributed by atoms with E-state index < -0.39 is 17.2 Å². The zero-order valence-corrected chi connectivity index (χ0v) is 30.6. The Morgan fingerprint density at radius 2 is 1.69 bits per heavy atom.